The molecular weight excluding hydrogens is 953 g/mol. The Bertz CT molecular complexity index is 2560. The minimum absolute atomic E-state index is 0.127. The molecule has 406 valence electrons. The second-order valence-corrected chi connectivity index (χ2v) is 22.7. The Morgan fingerprint density at radius 1 is 0.960 bits per heavy atom. The minimum atomic E-state index is -1.01. The highest BCUT2D eigenvalue weighted by Crippen LogP contribution is 2.66. The van der Waals surface area contributed by atoms with Crippen LogP contribution in [0.3, 0.4) is 0 Å². The summed E-state index contributed by atoms with van der Waals surface area (Å²) in [5, 5.41) is 17.5. The third-order valence-electron chi connectivity index (χ3n) is 18.0. The van der Waals surface area contributed by atoms with Gasteiger partial charge in [0.25, 0.3) is 5.91 Å². The lowest BCUT2D eigenvalue weighted by atomic mass is 9.47. The molecule has 0 unspecified atom stereocenters. The summed E-state index contributed by atoms with van der Waals surface area (Å²) in [6.45, 7) is 15.2. The Hall–Kier alpha value is -5.68. The van der Waals surface area contributed by atoms with Gasteiger partial charge in [-0.2, -0.15) is 0 Å². The first-order chi connectivity index (χ1) is 35.8. The first-order valence-corrected chi connectivity index (χ1v) is 27.2. The fourth-order valence-corrected chi connectivity index (χ4v) is 13.8. The number of carbonyl (C=O) groups excluding carboxylic acids is 5. The molecule has 0 spiro atoms. The van der Waals surface area contributed by atoms with E-state index in [0.717, 1.165) is 38.2 Å². The highest BCUT2D eigenvalue weighted by molar-refractivity contribution is 6.23. The zero-order valence-electron chi connectivity index (χ0n) is 45.3. The fraction of sp³-hybridized carbons (Fsp3) is 0.593. The lowest BCUT2D eigenvalue weighted by Crippen LogP contribution is -2.52. The van der Waals surface area contributed by atoms with Crippen LogP contribution in [0.5, 0.6) is 0 Å². The maximum absolute atomic E-state index is 14.3. The molecule has 8 rings (SSSR count). The van der Waals surface area contributed by atoms with Crippen LogP contribution in [-0.2, 0) is 33.3 Å². The summed E-state index contributed by atoms with van der Waals surface area (Å²) in [6, 6.07) is 4.26. The Morgan fingerprint density at radius 2 is 1.72 bits per heavy atom. The lowest BCUT2D eigenvalue weighted by molar-refractivity contribution is -0.120. The van der Waals surface area contributed by atoms with Gasteiger partial charge in [-0.1, -0.05) is 75.8 Å². The Labute approximate surface area is 443 Å². The van der Waals surface area contributed by atoms with Gasteiger partial charge in [0.05, 0.1) is 23.6 Å². The molecule has 1 aromatic rings. The average molecular weight is 1030 g/mol. The molecular formula is C59H80N6O10. The minimum Gasteiger partial charge on any atom is -0.446 e. The molecule has 1 saturated heterocycles. The van der Waals surface area contributed by atoms with E-state index in [4.69, 9.17) is 24.7 Å². The number of aromatic nitrogens is 1. The van der Waals surface area contributed by atoms with Crippen molar-refractivity contribution in [3.63, 3.8) is 0 Å². The quantitative estimate of drug-likeness (QED) is 0.139. The van der Waals surface area contributed by atoms with Crippen molar-refractivity contribution in [3.05, 3.63) is 106 Å². The third-order valence-corrected chi connectivity index (χ3v) is 18.0. The number of allylic oxidation sites excluding steroid dienone is 7. The van der Waals surface area contributed by atoms with Gasteiger partial charge in [-0.15, -0.1) is 0 Å². The van der Waals surface area contributed by atoms with E-state index in [1.165, 1.54) is 49.8 Å². The number of pyridine rings is 1. The highest BCUT2D eigenvalue weighted by Gasteiger charge is 2.57. The number of carbonyl (C=O) groups is 5. The molecule has 16 nitrogen and oxygen atoms in total. The number of methoxy groups -OCH3 is 2. The van der Waals surface area contributed by atoms with Crippen LogP contribution in [0.4, 0.5) is 9.59 Å². The average Bonchev–Trinajstić information content (AvgIpc) is 3.78. The topological polar surface area (TPSA) is 212 Å². The predicted octanol–water partition coefficient (Wildman–Crippen LogP) is 7.53. The number of hydrogen-bond donors (Lipinski definition) is 4. The predicted molar refractivity (Wildman–Crippen MR) is 285 cm³/mol. The number of fused-ring (bicyclic) bond motifs is 7. The van der Waals surface area contributed by atoms with Gasteiger partial charge in [0.1, 0.15) is 12.2 Å². The molecule has 12 atom stereocenters. The molecule has 2 aliphatic heterocycles. The van der Waals surface area contributed by atoms with Crippen LogP contribution in [-0.4, -0.2) is 134 Å². The fourth-order valence-electron chi connectivity index (χ4n) is 13.8. The van der Waals surface area contributed by atoms with Crippen LogP contribution in [0.15, 0.2) is 101 Å². The number of ether oxygens (including phenoxy) is 4. The zero-order chi connectivity index (χ0) is 53.8. The van der Waals surface area contributed by atoms with Gasteiger partial charge < -0.3 is 45.3 Å². The van der Waals surface area contributed by atoms with E-state index in [9.17, 15) is 29.1 Å². The Balaban J connectivity index is 0.870. The van der Waals surface area contributed by atoms with Crippen molar-refractivity contribution in [1.82, 2.24) is 25.4 Å². The third kappa shape index (κ3) is 12.0. The van der Waals surface area contributed by atoms with Crippen molar-refractivity contribution in [1.29, 1.82) is 0 Å². The number of hydrogen-bond acceptors (Lipinski definition) is 13. The van der Waals surface area contributed by atoms with Crippen LogP contribution in [0.25, 0.3) is 5.57 Å². The lowest BCUT2D eigenvalue weighted by Gasteiger charge is -2.58. The molecule has 5 aliphatic carbocycles. The van der Waals surface area contributed by atoms with Crippen LogP contribution in [0, 0.1) is 40.4 Å². The van der Waals surface area contributed by atoms with Crippen molar-refractivity contribution in [2.45, 2.75) is 130 Å². The normalized spacial score (nSPS) is 35.9. The van der Waals surface area contributed by atoms with Gasteiger partial charge in [-0.05, 0) is 122 Å². The standard InChI is InChI=1S/C59H80N6O10/c1-35-29-43-51(48(66)33-47(53(43)68)63-55(69)36(2)11-9-13-49(72-7)54(75-56(60)70)38(4)31-37(3)52(67)50(30-35)73-8)62-23-24-64-25-27-65(28-26-64)57(71)74-41-18-20-58(5)40(32-41)14-15-42-45-17-16-44(39-12-10-22-61-34-39)59(45,6)21-19-46(42)58/h9-14,16,22,31,33-35,37,41-42,45-46,49-50,52,54,62,67H,15,17-21,23-30,32H2,1-8H3,(H2,60,70)(H,63,69)/b13-9-,36-11-,38-31-/t35-,37+,41+,42+,45+,46+,49+,50+,52+,54+,58+,59-/m1/s1. The molecule has 0 radical (unpaired) electrons. The monoisotopic (exact) mass is 1030 g/mol. The molecule has 3 heterocycles. The van der Waals surface area contributed by atoms with Gasteiger partial charge >= 0.3 is 12.2 Å². The molecule has 3 fully saturated rings. The van der Waals surface area contributed by atoms with E-state index in [1.807, 2.05) is 32.3 Å². The number of Topliss-reactive ketones (excluding diaryl/α,β-unsaturated/α-hetero) is 1. The van der Waals surface area contributed by atoms with Gasteiger partial charge in [-0.3, -0.25) is 24.3 Å². The van der Waals surface area contributed by atoms with Crippen molar-refractivity contribution >= 4 is 35.2 Å². The maximum atomic E-state index is 14.3. The summed E-state index contributed by atoms with van der Waals surface area (Å²) in [7, 11) is 2.95. The van der Waals surface area contributed by atoms with Crippen molar-refractivity contribution < 1.29 is 48.0 Å². The molecule has 5 N–H and O–H groups in total. The summed E-state index contributed by atoms with van der Waals surface area (Å²) >= 11 is 0. The molecule has 2 bridgehead atoms. The van der Waals surface area contributed by atoms with Crippen molar-refractivity contribution in [3.8, 4) is 0 Å². The number of nitrogens with two attached hydrogens (primary N) is 1. The van der Waals surface area contributed by atoms with E-state index < -0.39 is 53.9 Å². The maximum Gasteiger partial charge on any atom is 0.410 e. The number of nitrogens with one attached hydrogen (secondary N) is 2. The first kappa shape index (κ1) is 55.5. The number of aliphatic hydroxyl groups excluding tert-OH is 1. The molecule has 0 aromatic carbocycles. The van der Waals surface area contributed by atoms with Gasteiger partial charge in [-0.25, -0.2) is 9.59 Å². The SMILES string of the molecule is CO[C@H]1/C=C\C=C(\C)C(=O)NC2=CC(=O)C(NCCN3CCN(C(=O)O[C@H]4CC[C@@]5(C)C(=CC[C@@H]6[C@@H]5CC[C@]5(C)C(c7cccnc7)=CC[C@@H]65)C4)CC3)=C(C[C@@H](C)C[C@H](OC)[C@@H](O)[C@@H](C)/C=C(/C)[C@@H]1OC(N)=O)C2=O. The number of primary amides is 1. The number of nitrogens with zero attached hydrogens (tertiary/aromatic N) is 3. The Kier molecular flexibility index (Phi) is 17.5. The molecule has 75 heavy (non-hydrogen) atoms. The van der Waals surface area contributed by atoms with Crippen molar-refractivity contribution in [2.75, 3.05) is 53.5 Å². The molecule has 16 heteroatoms. The van der Waals surface area contributed by atoms with Crippen LogP contribution >= 0.6 is 0 Å². The summed E-state index contributed by atoms with van der Waals surface area (Å²) in [4.78, 5) is 75.8. The molecule has 7 aliphatic rings. The van der Waals surface area contributed by atoms with Crippen LogP contribution < -0.4 is 16.4 Å². The van der Waals surface area contributed by atoms with E-state index in [1.54, 1.807) is 37.0 Å². The van der Waals surface area contributed by atoms with E-state index in [-0.39, 0.29) is 57.9 Å². The summed E-state index contributed by atoms with van der Waals surface area (Å²) < 4.78 is 23.2. The molecule has 2 saturated carbocycles. The van der Waals surface area contributed by atoms with Gasteiger partial charge in [0.15, 0.2) is 6.10 Å². The number of piperazine rings is 1. The first-order valence-electron chi connectivity index (χ1n) is 27.2. The summed E-state index contributed by atoms with van der Waals surface area (Å²) in [5.41, 5.74) is 11.0. The second-order valence-electron chi connectivity index (χ2n) is 22.7. The number of ketones is 2. The number of rotatable bonds is 9. The smallest absolute Gasteiger partial charge is 0.410 e. The van der Waals surface area contributed by atoms with E-state index >= 15 is 0 Å². The second kappa shape index (κ2) is 23.7. The number of aliphatic hydroxyl groups is 1. The van der Waals surface area contributed by atoms with E-state index in [0.29, 0.717) is 69.0 Å². The summed E-state index contributed by atoms with van der Waals surface area (Å²) in [6.07, 6.45) is 19.4. The zero-order valence-corrected chi connectivity index (χ0v) is 45.3. The van der Waals surface area contributed by atoms with Crippen LogP contribution in [0.1, 0.15) is 105 Å². The molecule has 1 aromatic heterocycles. The highest BCUT2D eigenvalue weighted by atomic mass is 16.6. The summed E-state index contributed by atoms with van der Waals surface area (Å²) in [5.74, 6) is -0.348. The van der Waals surface area contributed by atoms with Crippen LogP contribution in [0.2, 0.25) is 0 Å². The van der Waals surface area contributed by atoms with Gasteiger partial charge in [0.2, 0.25) is 11.6 Å². The van der Waals surface area contributed by atoms with Gasteiger partial charge in [0, 0.05) is 95.4 Å². The van der Waals surface area contributed by atoms with E-state index in [2.05, 4.69) is 52.6 Å². The largest absolute Gasteiger partial charge is 0.446 e. The molecule has 3 amide bonds. The van der Waals surface area contributed by atoms with Crippen molar-refractivity contribution in [2.24, 2.45) is 46.2 Å². The number of amides is 3. The Morgan fingerprint density at radius 3 is 2.43 bits per heavy atom.